The Morgan fingerprint density at radius 3 is 2.62 bits per heavy atom. The summed E-state index contributed by atoms with van der Waals surface area (Å²) in [5.74, 6) is -0.669. The smallest absolute Gasteiger partial charge is 0.387 e. The molecule has 0 saturated heterocycles. The number of carbonyl (C=O) groups excluding carboxylic acids is 1. The van der Waals surface area contributed by atoms with Gasteiger partial charge in [0.25, 0.3) is 0 Å². The highest BCUT2D eigenvalue weighted by molar-refractivity contribution is 5.72. The van der Waals surface area contributed by atoms with E-state index in [1.807, 2.05) is 0 Å². The number of halogens is 3. The first-order chi connectivity index (χ1) is 7.37. The molecule has 7 heteroatoms. The van der Waals surface area contributed by atoms with Crippen LogP contribution in [0.1, 0.15) is 21.6 Å². The van der Waals surface area contributed by atoms with E-state index in [1.54, 1.807) is 0 Å². The summed E-state index contributed by atoms with van der Waals surface area (Å²) in [5.41, 5.74) is 5.71. The first-order valence-corrected chi connectivity index (χ1v) is 4.29. The maximum atomic E-state index is 12.0. The average molecular weight is 234 g/mol. The molecular weight excluding hydrogens is 225 g/mol. The van der Waals surface area contributed by atoms with Gasteiger partial charge in [-0.25, -0.2) is 4.98 Å². The van der Waals surface area contributed by atoms with Crippen molar-refractivity contribution in [3.8, 4) is 5.88 Å². The molecule has 0 radical (unpaired) electrons. The maximum Gasteiger partial charge on any atom is 0.574 e. The topological polar surface area (TPSA) is 65.2 Å². The van der Waals surface area contributed by atoms with Crippen LogP contribution in [0.25, 0.3) is 0 Å². The summed E-state index contributed by atoms with van der Waals surface area (Å²) in [6.07, 6.45) is -4.51. The minimum atomic E-state index is -4.86. The number of rotatable bonds is 3. The Hall–Kier alpha value is -1.63. The molecule has 0 aromatic carbocycles. The highest BCUT2D eigenvalue weighted by Gasteiger charge is 2.33. The molecule has 0 atom stereocenters. The molecule has 4 nitrogen and oxygen atoms in total. The van der Waals surface area contributed by atoms with E-state index in [-0.39, 0.29) is 17.8 Å². The molecule has 2 N–H and O–H groups in total. The molecule has 0 aliphatic heterocycles. The van der Waals surface area contributed by atoms with Crippen LogP contribution in [-0.4, -0.2) is 17.6 Å². The average Bonchev–Trinajstić information content (AvgIpc) is 2.14. The molecule has 0 fully saturated rings. The number of pyridine rings is 1. The number of hydrogen-bond donors (Lipinski definition) is 1. The van der Waals surface area contributed by atoms with Crippen molar-refractivity contribution < 1.29 is 22.7 Å². The van der Waals surface area contributed by atoms with Crippen LogP contribution in [0.2, 0.25) is 0 Å². The second-order valence-corrected chi connectivity index (χ2v) is 3.02. The van der Waals surface area contributed by atoms with Crippen LogP contribution < -0.4 is 10.5 Å². The van der Waals surface area contributed by atoms with Gasteiger partial charge in [0.05, 0.1) is 0 Å². The molecule has 1 rings (SSSR count). The number of hydrogen-bond acceptors (Lipinski definition) is 4. The lowest BCUT2D eigenvalue weighted by Crippen LogP contribution is -2.20. The summed E-state index contributed by atoms with van der Waals surface area (Å²) in [7, 11) is 0. The van der Waals surface area contributed by atoms with Crippen molar-refractivity contribution in [2.45, 2.75) is 19.8 Å². The standard InChI is InChI=1S/C9H9F3N2O2/c1-5-2-6(4-15)14-8(7(5)3-13)16-9(10,11)12/h2,4H,3,13H2,1H3. The van der Waals surface area contributed by atoms with Crippen LogP contribution in [-0.2, 0) is 6.54 Å². The molecule has 1 heterocycles. The summed E-state index contributed by atoms with van der Waals surface area (Å²) in [4.78, 5) is 13.9. The van der Waals surface area contributed by atoms with E-state index in [4.69, 9.17) is 5.73 Å². The number of nitrogens with two attached hydrogens (primary N) is 1. The fourth-order valence-electron chi connectivity index (χ4n) is 1.20. The number of carbonyl (C=O) groups is 1. The van der Waals surface area contributed by atoms with Gasteiger partial charge < -0.3 is 10.5 Å². The van der Waals surface area contributed by atoms with Crippen molar-refractivity contribution in [2.24, 2.45) is 5.73 Å². The van der Waals surface area contributed by atoms with Crippen molar-refractivity contribution in [1.29, 1.82) is 0 Å². The number of alkyl halides is 3. The molecular formula is C9H9F3N2O2. The van der Waals surface area contributed by atoms with Gasteiger partial charge in [-0.2, -0.15) is 0 Å². The summed E-state index contributed by atoms with van der Waals surface area (Å²) < 4.78 is 39.8. The quantitative estimate of drug-likeness (QED) is 0.806. The van der Waals surface area contributed by atoms with Gasteiger partial charge in [0.15, 0.2) is 6.29 Å². The van der Waals surface area contributed by atoms with Gasteiger partial charge >= 0.3 is 6.36 Å². The molecule has 0 bridgehead atoms. The molecule has 0 aliphatic rings. The highest BCUT2D eigenvalue weighted by atomic mass is 19.4. The van der Waals surface area contributed by atoms with Crippen LogP contribution in [0.3, 0.4) is 0 Å². The van der Waals surface area contributed by atoms with E-state index in [1.165, 1.54) is 13.0 Å². The largest absolute Gasteiger partial charge is 0.574 e. The molecule has 0 spiro atoms. The van der Waals surface area contributed by atoms with Crippen molar-refractivity contribution in [2.75, 3.05) is 0 Å². The van der Waals surface area contributed by atoms with Crippen LogP contribution in [0, 0.1) is 6.92 Å². The molecule has 1 aromatic heterocycles. The van der Waals surface area contributed by atoms with E-state index in [0.717, 1.165) is 0 Å². The minimum Gasteiger partial charge on any atom is -0.387 e. The second-order valence-electron chi connectivity index (χ2n) is 3.02. The van der Waals surface area contributed by atoms with Gasteiger partial charge in [-0.3, -0.25) is 4.79 Å². The third-order valence-electron chi connectivity index (χ3n) is 1.87. The van der Waals surface area contributed by atoms with E-state index in [0.29, 0.717) is 11.8 Å². The lowest BCUT2D eigenvalue weighted by Gasteiger charge is -2.13. The zero-order valence-electron chi connectivity index (χ0n) is 8.34. The monoisotopic (exact) mass is 234 g/mol. The highest BCUT2D eigenvalue weighted by Crippen LogP contribution is 2.26. The fraction of sp³-hybridized carbons (Fsp3) is 0.333. The Morgan fingerprint density at radius 1 is 1.56 bits per heavy atom. The van der Waals surface area contributed by atoms with Crippen molar-refractivity contribution >= 4 is 6.29 Å². The second kappa shape index (κ2) is 4.48. The molecule has 16 heavy (non-hydrogen) atoms. The first-order valence-electron chi connectivity index (χ1n) is 4.29. The van der Waals surface area contributed by atoms with Crippen LogP contribution in [0.4, 0.5) is 13.2 Å². The van der Waals surface area contributed by atoms with Gasteiger partial charge in [-0.15, -0.1) is 13.2 Å². The summed E-state index contributed by atoms with van der Waals surface area (Å²) >= 11 is 0. The van der Waals surface area contributed by atoms with Gasteiger partial charge in [0, 0.05) is 12.1 Å². The number of nitrogens with zero attached hydrogens (tertiary/aromatic N) is 1. The number of aldehydes is 1. The van der Waals surface area contributed by atoms with E-state index >= 15 is 0 Å². The lowest BCUT2D eigenvalue weighted by molar-refractivity contribution is -0.276. The van der Waals surface area contributed by atoms with E-state index in [2.05, 4.69) is 9.72 Å². The molecule has 88 valence electrons. The Balaban J connectivity index is 3.23. The van der Waals surface area contributed by atoms with Gasteiger partial charge in [0.2, 0.25) is 5.88 Å². The third-order valence-corrected chi connectivity index (χ3v) is 1.87. The zero-order chi connectivity index (χ0) is 12.3. The predicted molar refractivity (Wildman–Crippen MR) is 48.9 cm³/mol. The number of ether oxygens (including phenoxy) is 1. The SMILES string of the molecule is Cc1cc(C=O)nc(OC(F)(F)F)c1CN. The van der Waals surface area contributed by atoms with Crippen molar-refractivity contribution in [3.63, 3.8) is 0 Å². The molecule has 0 amide bonds. The summed E-state index contributed by atoms with van der Waals surface area (Å²) in [6, 6.07) is 1.35. The van der Waals surface area contributed by atoms with Crippen LogP contribution in [0.5, 0.6) is 5.88 Å². The predicted octanol–water partition coefficient (Wildman–Crippen LogP) is 1.56. The van der Waals surface area contributed by atoms with Crippen molar-refractivity contribution in [1.82, 2.24) is 4.98 Å². The van der Waals surface area contributed by atoms with Gasteiger partial charge in [-0.1, -0.05) is 0 Å². The van der Waals surface area contributed by atoms with Crippen molar-refractivity contribution in [3.05, 3.63) is 22.9 Å². The van der Waals surface area contributed by atoms with Gasteiger partial charge in [-0.05, 0) is 18.6 Å². The first kappa shape index (κ1) is 12.4. The molecule has 0 unspecified atom stereocenters. The van der Waals surface area contributed by atoms with Crippen LogP contribution in [0.15, 0.2) is 6.07 Å². The normalized spacial score (nSPS) is 11.3. The third kappa shape index (κ3) is 2.93. The zero-order valence-corrected chi connectivity index (χ0v) is 8.34. The Morgan fingerprint density at radius 2 is 2.19 bits per heavy atom. The number of aromatic nitrogens is 1. The van der Waals surface area contributed by atoms with E-state index in [9.17, 15) is 18.0 Å². The maximum absolute atomic E-state index is 12.0. The fourth-order valence-corrected chi connectivity index (χ4v) is 1.20. The molecule has 0 aliphatic carbocycles. The summed E-state index contributed by atoms with van der Waals surface area (Å²) in [6.45, 7) is 1.38. The minimum absolute atomic E-state index is 0.128. The Bertz CT molecular complexity index is 404. The molecule has 1 aromatic rings. The molecule has 0 saturated carbocycles. The van der Waals surface area contributed by atoms with Crippen LogP contribution >= 0.6 is 0 Å². The Kier molecular flexibility index (Phi) is 3.48. The van der Waals surface area contributed by atoms with Gasteiger partial charge in [0.1, 0.15) is 5.69 Å². The number of aryl methyl sites for hydroxylation is 1. The summed E-state index contributed by atoms with van der Waals surface area (Å²) in [5, 5.41) is 0. The lowest BCUT2D eigenvalue weighted by atomic mass is 10.1. The van der Waals surface area contributed by atoms with E-state index < -0.39 is 12.2 Å². The Labute approximate surface area is 89.2 Å².